The fourth-order valence-electron chi connectivity index (χ4n) is 2.67. The van der Waals surface area contributed by atoms with E-state index in [9.17, 15) is 4.39 Å². The van der Waals surface area contributed by atoms with Crippen LogP contribution in [0.15, 0.2) is 18.2 Å². The Morgan fingerprint density at radius 1 is 1.33 bits per heavy atom. The number of rotatable bonds is 4. The van der Waals surface area contributed by atoms with E-state index in [2.05, 4.69) is 19.2 Å². The zero-order chi connectivity index (χ0) is 15.0. The standard InChI is InChI=1S/C16H18ClFN2S/c1-9(2)19-15(10-6-7-11(17)12(18)8-10)16-20-13-4-3-5-14(13)21-16/h6-9,15,19H,3-5H2,1-2H3. The van der Waals surface area contributed by atoms with E-state index in [1.54, 1.807) is 17.4 Å². The predicted molar refractivity (Wildman–Crippen MR) is 85.7 cm³/mol. The van der Waals surface area contributed by atoms with Crippen molar-refractivity contribution in [3.8, 4) is 0 Å². The van der Waals surface area contributed by atoms with E-state index in [1.807, 2.05) is 6.07 Å². The topological polar surface area (TPSA) is 24.9 Å². The van der Waals surface area contributed by atoms with Crippen LogP contribution in [-0.4, -0.2) is 11.0 Å². The molecule has 3 rings (SSSR count). The molecule has 0 amide bonds. The Morgan fingerprint density at radius 3 is 2.81 bits per heavy atom. The van der Waals surface area contributed by atoms with Crippen molar-refractivity contribution >= 4 is 22.9 Å². The number of fused-ring (bicyclic) bond motifs is 1. The summed E-state index contributed by atoms with van der Waals surface area (Å²) in [6.07, 6.45) is 3.39. The fraction of sp³-hybridized carbons (Fsp3) is 0.438. The molecule has 2 aromatic rings. The summed E-state index contributed by atoms with van der Waals surface area (Å²) in [7, 11) is 0. The molecule has 0 saturated carbocycles. The molecule has 1 aliphatic rings. The Bertz CT molecular complexity index is 632. The Morgan fingerprint density at radius 2 is 2.14 bits per heavy atom. The van der Waals surface area contributed by atoms with E-state index < -0.39 is 0 Å². The number of halogens is 2. The maximum atomic E-state index is 13.8. The van der Waals surface area contributed by atoms with E-state index in [0.717, 1.165) is 23.4 Å². The maximum absolute atomic E-state index is 13.8. The third-order valence-corrected chi connectivity index (χ3v) is 5.16. The highest BCUT2D eigenvalue weighted by Crippen LogP contribution is 2.34. The van der Waals surface area contributed by atoms with Crippen molar-refractivity contribution in [1.82, 2.24) is 10.3 Å². The first kappa shape index (κ1) is 14.9. The van der Waals surface area contributed by atoms with Crippen LogP contribution in [-0.2, 0) is 12.8 Å². The molecular weight excluding hydrogens is 307 g/mol. The molecule has 21 heavy (non-hydrogen) atoms. The Hall–Kier alpha value is -0.970. The van der Waals surface area contributed by atoms with Crippen molar-refractivity contribution in [2.75, 3.05) is 0 Å². The smallest absolute Gasteiger partial charge is 0.142 e. The molecule has 1 unspecified atom stereocenters. The lowest BCUT2D eigenvalue weighted by Gasteiger charge is -2.20. The third-order valence-electron chi connectivity index (χ3n) is 3.64. The number of nitrogens with zero attached hydrogens (tertiary/aromatic N) is 1. The number of nitrogens with one attached hydrogen (secondary N) is 1. The van der Waals surface area contributed by atoms with E-state index in [0.29, 0.717) is 0 Å². The quantitative estimate of drug-likeness (QED) is 0.895. The monoisotopic (exact) mass is 324 g/mol. The predicted octanol–water partition coefficient (Wildman–Crippen LogP) is 4.51. The molecule has 0 aliphatic heterocycles. The van der Waals surface area contributed by atoms with Crippen molar-refractivity contribution in [3.63, 3.8) is 0 Å². The number of aromatic nitrogens is 1. The van der Waals surface area contributed by atoms with Crippen molar-refractivity contribution in [3.05, 3.63) is 50.2 Å². The fourth-order valence-corrected chi connectivity index (χ4v) is 4.03. The summed E-state index contributed by atoms with van der Waals surface area (Å²) in [5.41, 5.74) is 2.10. The highest BCUT2D eigenvalue weighted by molar-refractivity contribution is 7.11. The largest absolute Gasteiger partial charge is 0.302 e. The van der Waals surface area contributed by atoms with Gasteiger partial charge in [0, 0.05) is 10.9 Å². The molecule has 112 valence electrons. The summed E-state index contributed by atoms with van der Waals surface area (Å²) in [4.78, 5) is 6.16. The van der Waals surface area contributed by atoms with Crippen LogP contribution in [0.1, 0.15) is 47.5 Å². The molecule has 1 N–H and O–H groups in total. The molecule has 0 saturated heterocycles. The molecule has 1 atom stereocenters. The SMILES string of the molecule is CC(C)NC(c1ccc(Cl)c(F)c1)c1nc2c(s1)CCC2. The van der Waals surface area contributed by atoms with Crippen molar-refractivity contribution in [1.29, 1.82) is 0 Å². The van der Waals surface area contributed by atoms with Crippen molar-refractivity contribution in [2.45, 2.75) is 45.2 Å². The van der Waals surface area contributed by atoms with Gasteiger partial charge in [0.05, 0.1) is 16.8 Å². The minimum Gasteiger partial charge on any atom is -0.302 e. The van der Waals surface area contributed by atoms with Gasteiger partial charge in [0.1, 0.15) is 10.8 Å². The average molecular weight is 325 g/mol. The highest BCUT2D eigenvalue weighted by Gasteiger charge is 2.24. The van der Waals surface area contributed by atoms with Gasteiger partial charge >= 0.3 is 0 Å². The number of benzene rings is 1. The van der Waals surface area contributed by atoms with Gasteiger partial charge in [-0.1, -0.05) is 17.7 Å². The van der Waals surface area contributed by atoms with Gasteiger partial charge < -0.3 is 5.32 Å². The van der Waals surface area contributed by atoms with Crippen LogP contribution < -0.4 is 5.32 Å². The second-order valence-corrected chi connectivity index (χ2v) is 7.23. The molecule has 0 fully saturated rings. The lowest BCUT2D eigenvalue weighted by atomic mass is 10.1. The van der Waals surface area contributed by atoms with Crippen molar-refractivity contribution in [2.24, 2.45) is 0 Å². The lowest BCUT2D eigenvalue weighted by molar-refractivity contribution is 0.522. The van der Waals surface area contributed by atoms with Gasteiger partial charge in [-0.2, -0.15) is 0 Å². The minimum atomic E-state index is -0.381. The van der Waals surface area contributed by atoms with Gasteiger partial charge in [-0.25, -0.2) is 9.37 Å². The first-order valence-electron chi connectivity index (χ1n) is 7.24. The van der Waals surface area contributed by atoms with Gasteiger partial charge in [0.25, 0.3) is 0 Å². The molecule has 2 nitrogen and oxygen atoms in total. The minimum absolute atomic E-state index is 0.0765. The van der Waals surface area contributed by atoms with Crippen LogP contribution in [0.25, 0.3) is 0 Å². The third kappa shape index (κ3) is 3.12. The van der Waals surface area contributed by atoms with Crippen LogP contribution in [0.2, 0.25) is 5.02 Å². The molecule has 1 aromatic carbocycles. The Kier molecular flexibility index (Phi) is 4.29. The second-order valence-electron chi connectivity index (χ2n) is 5.70. The number of hydrogen-bond donors (Lipinski definition) is 1. The summed E-state index contributed by atoms with van der Waals surface area (Å²) in [6, 6.07) is 5.20. The van der Waals surface area contributed by atoms with Gasteiger partial charge in [0.15, 0.2) is 0 Å². The van der Waals surface area contributed by atoms with Crippen LogP contribution in [0.5, 0.6) is 0 Å². The van der Waals surface area contributed by atoms with Crippen LogP contribution in [0.3, 0.4) is 0 Å². The van der Waals surface area contributed by atoms with Gasteiger partial charge in [-0.05, 0) is 50.8 Å². The normalized spacial score (nSPS) is 15.5. The molecule has 0 spiro atoms. The zero-order valence-corrected chi connectivity index (χ0v) is 13.7. The molecule has 0 radical (unpaired) electrons. The Balaban J connectivity index is 1.98. The number of aryl methyl sites for hydroxylation is 2. The number of hydrogen-bond acceptors (Lipinski definition) is 3. The first-order chi connectivity index (χ1) is 10.0. The lowest BCUT2D eigenvalue weighted by Crippen LogP contribution is -2.29. The highest BCUT2D eigenvalue weighted by atomic mass is 35.5. The maximum Gasteiger partial charge on any atom is 0.142 e. The zero-order valence-electron chi connectivity index (χ0n) is 12.1. The summed E-state index contributed by atoms with van der Waals surface area (Å²) in [5, 5.41) is 4.67. The van der Waals surface area contributed by atoms with E-state index in [-0.39, 0.29) is 22.9 Å². The molecular formula is C16H18ClFN2S. The summed E-state index contributed by atoms with van der Waals surface area (Å²) in [6.45, 7) is 4.17. The average Bonchev–Trinajstić information content (AvgIpc) is 3.00. The van der Waals surface area contributed by atoms with Crippen LogP contribution >= 0.6 is 22.9 Å². The first-order valence-corrected chi connectivity index (χ1v) is 8.43. The van der Waals surface area contributed by atoms with E-state index in [4.69, 9.17) is 16.6 Å². The summed E-state index contributed by atoms with van der Waals surface area (Å²) in [5.74, 6) is -0.381. The van der Waals surface area contributed by atoms with Crippen LogP contribution in [0.4, 0.5) is 4.39 Å². The summed E-state index contributed by atoms with van der Waals surface area (Å²) < 4.78 is 13.8. The van der Waals surface area contributed by atoms with Gasteiger partial charge in [0.2, 0.25) is 0 Å². The summed E-state index contributed by atoms with van der Waals surface area (Å²) >= 11 is 7.54. The van der Waals surface area contributed by atoms with E-state index in [1.165, 1.54) is 23.1 Å². The van der Waals surface area contributed by atoms with Gasteiger partial charge in [-0.15, -0.1) is 11.3 Å². The second kappa shape index (κ2) is 6.03. The Labute approximate surface area is 133 Å². The van der Waals surface area contributed by atoms with E-state index >= 15 is 0 Å². The molecule has 5 heteroatoms. The molecule has 1 aromatic heterocycles. The van der Waals surface area contributed by atoms with Gasteiger partial charge in [-0.3, -0.25) is 0 Å². The van der Waals surface area contributed by atoms with Crippen molar-refractivity contribution < 1.29 is 4.39 Å². The van der Waals surface area contributed by atoms with Crippen LogP contribution in [0, 0.1) is 5.82 Å². The molecule has 1 heterocycles. The molecule has 0 bridgehead atoms. The molecule has 1 aliphatic carbocycles. The number of thiazole rings is 1.